The predicted octanol–water partition coefficient (Wildman–Crippen LogP) is 1.97. The Kier molecular flexibility index (Phi) is 5.79. The van der Waals surface area contributed by atoms with E-state index < -0.39 is 5.97 Å². The molecule has 2 saturated carbocycles. The Labute approximate surface area is 142 Å². The minimum atomic E-state index is -1.01. The largest absolute Gasteiger partial charge is 0.479 e. The number of aliphatic hydroxyl groups excluding tert-OH is 2. The number of aliphatic carboxylic acids is 1. The first-order chi connectivity index (χ1) is 11.6. The molecule has 24 heavy (non-hydrogen) atoms. The second kappa shape index (κ2) is 7.85. The Morgan fingerprint density at radius 3 is 2.71 bits per heavy atom. The fraction of sp³-hybridized carbons (Fsp3) is 0.833. The maximum Gasteiger partial charge on any atom is 0.332 e. The molecule has 0 aromatic rings. The summed E-state index contributed by atoms with van der Waals surface area (Å²) in [5.74, 6) is -0.00176. The minimum Gasteiger partial charge on any atom is -0.479 e. The summed E-state index contributed by atoms with van der Waals surface area (Å²) in [5.41, 5.74) is 4.82. The molecule has 0 heterocycles. The van der Waals surface area contributed by atoms with E-state index in [-0.39, 0.29) is 24.7 Å². The number of fused-ring (bicyclic) bond motifs is 1. The molecular formula is C18H29NO5. The quantitative estimate of drug-likeness (QED) is 0.505. The van der Waals surface area contributed by atoms with E-state index in [1.807, 2.05) is 0 Å². The number of allylic oxidation sites excluding steroid dienone is 1. The molecule has 2 fully saturated rings. The van der Waals surface area contributed by atoms with Crippen molar-refractivity contribution >= 4 is 5.97 Å². The van der Waals surface area contributed by atoms with Crippen LogP contribution in [-0.4, -0.2) is 40.1 Å². The van der Waals surface area contributed by atoms with Crippen LogP contribution in [0.5, 0.6) is 0 Å². The van der Waals surface area contributed by atoms with Gasteiger partial charge in [0.1, 0.15) is 0 Å². The minimum absolute atomic E-state index is 0.211. The lowest BCUT2D eigenvalue weighted by Crippen LogP contribution is -2.32. The first kappa shape index (κ1) is 17.7. The summed E-state index contributed by atoms with van der Waals surface area (Å²) < 4.78 is 0. The number of hydrogen-bond acceptors (Lipinski definition) is 5. The summed E-state index contributed by atoms with van der Waals surface area (Å²) >= 11 is 0. The van der Waals surface area contributed by atoms with E-state index in [1.165, 1.54) is 24.8 Å². The Balaban J connectivity index is 1.46. The summed E-state index contributed by atoms with van der Waals surface area (Å²) in [6.45, 7) is -0.374. The van der Waals surface area contributed by atoms with E-state index in [2.05, 4.69) is 5.48 Å². The van der Waals surface area contributed by atoms with E-state index in [4.69, 9.17) is 9.94 Å². The van der Waals surface area contributed by atoms with Gasteiger partial charge in [-0.2, -0.15) is 0 Å². The van der Waals surface area contributed by atoms with Gasteiger partial charge in [-0.25, -0.2) is 4.79 Å². The number of carboxylic acids is 1. The Bertz CT molecular complexity index is 486. The van der Waals surface area contributed by atoms with Crippen molar-refractivity contribution in [2.45, 2.75) is 70.0 Å². The molecule has 0 bridgehead atoms. The van der Waals surface area contributed by atoms with Gasteiger partial charge in [0.15, 0.2) is 6.61 Å². The molecule has 4 atom stereocenters. The van der Waals surface area contributed by atoms with Crippen molar-refractivity contribution in [2.75, 3.05) is 6.61 Å². The number of nitrogens with one attached hydrogen (secondary N) is 1. The summed E-state index contributed by atoms with van der Waals surface area (Å²) in [6.07, 6.45) is 8.50. The maximum absolute atomic E-state index is 10.5. The molecule has 3 aliphatic carbocycles. The standard InChI is InChI=1S/C18H29NO5/c20-16(11-4-2-1-3-5-11)7-6-12-13-8-15(14(13)9-17(12)21)19-24-10-18(22)23/h11-13,16-17,19-21H,1-10H2,(H,22,23). The Hall–Kier alpha value is -1.11. The Morgan fingerprint density at radius 1 is 1.25 bits per heavy atom. The van der Waals surface area contributed by atoms with Crippen molar-refractivity contribution in [2.24, 2.45) is 17.8 Å². The molecule has 4 unspecified atom stereocenters. The molecule has 0 amide bonds. The smallest absolute Gasteiger partial charge is 0.332 e. The van der Waals surface area contributed by atoms with Crippen molar-refractivity contribution in [1.29, 1.82) is 0 Å². The molecule has 0 aromatic carbocycles. The summed E-state index contributed by atoms with van der Waals surface area (Å²) in [4.78, 5) is 15.4. The van der Waals surface area contributed by atoms with Crippen molar-refractivity contribution in [3.8, 4) is 0 Å². The summed E-state index contributed by atoms with van der Waals surface area (Å²) in [7, 11) is 0. The van der Waals surface area contributed by atoms with Crippen molar-refractivity contribution < 1.29 is 25.0 Å². The van der Waals surface area contributed by atoms with Crippen molar-refractivity contribution in [1.82, 2.24) is 5.48 Å². The van der Waals surface area contributed by atoms with Gasteiger partial charge in [0.25, 0.3) is 0 Å². The monoisotopic (exact) mass is 339 g/mol. The molecule has 0 radical (unpaired) electrons. The van der Waals surface area contributed by atoms with Crippen LogP contribution in [0.1, 0.15) is 57.8 Å². The van der Waals surface area contributed by atoms with Gasteiger partial charge < -0.3 is 15.3 Å². The van der Waals surface area contributed by atoms with Crippen LogP contribution in [0.3, 0.4) is 0 Å². The third kappa shape index (κ3) is 3.92. The van der Waals surface area contributed by atoms with E-state index in [0.717, 1.165) is 37.8 Å². The van der Waals surface area contributed by atoms with Gasteiger partial charge in [0.2, 0.25) is 0 Å². The number of aliphatic hydroxyl groups is 2. The second-order valence-electron chi connectivity index (χ2n) is 7.58. The predicted molar refractivity (Wildman–Crippen MR) is 87.8 cm³/mol. The highest BCUT2D eigenvalue weighted by molar-refractivity contribution is 5.67. The summed E-state index contributed by atoms with van der Waals surface area (Å²) in [6, 6.07) is 0. The number of carboxylic acid groups (broad SMARTS) is 1. The third-order valence-electron chi connectivity index (χ3n) is 6.08. The average molecular weight is 339 g/mol. The highest BCUT2D eigenvalue weighted by Gasteiger charge is 2.46. The van der Waals surface area contributed by atoms with Crippen LogP contribution in [0.2, 0.25) is 0 Å². The molecule has 6 nitrogen and oxygen atoms in total. The van der Waals surface area contributed by atoms with Gasteiger partial charge in [-0.3, -0.25) is 10.3 Å². The SMILES string of the molecule is O=C(O)CONC1=C2CC(O)C(CCC(O)C3CCCCC3)C2C1. The molecule has 6 heteroatoms. The number of carbonyl (C=O) groups is 1. The van der Waals surface area contributed by atoms with Crippen LogP contribution < -0.4 is 5.48 Å². The molecule has 0 spiro atoms. The van der Waals surface area contributed by atoms with Crippen LogP contribution >= 0.6 is 0 Å². The molecule has 3 rings (SSSR count). The summed E-state index contributed by atoms with van der Waals surface area (Å²) in [5, 5.41) is 29.3. The molecule has 0 saturated heterocycles. The van der Waals surface area contributed by atoms with Gasteiger partial charge in [-0.1, -0.05) is 19.3 Å². The zero-order valence-electron chi connectivity index (χ0n) is 14.1. The van der Waals surface area contributed by atoms with Crippen molar-refractivity contribution in [3.05, 3.63) is 11.3 Å². The molecule has 0 aliphatic heterocycles. The zero-order valence-corrected chi connectivity index (χ0v) is 14.1. The highest BCUT2D eigenvalue weighted by atomic mass is 16.7. The second-order valence-corrected chi connectivity index (χ2v) is 7.58. The number of hydrogen-bond donors (Lipinski definition) is 4. The van der Waals surface area contributed by atoms with Gasteiger partial charge in [-0.05, 0) is 61.9 Å². The van der Waals surface area contributed by atoms with Crippen molar-refractivity contribution in [3.63, 3.8) is 0 Å². The molecule has 136 valence electrons. The van der Waals surface area contributed by atoms with E-state index >= 15 is 0 Å². The molecule has 4 N–H and O–H groups in total. The van der Waals surface area contributed by atoms with Gasteiger partial charge in [0, 0.05) is 5.70 Å². The van der Waals surface area contributed by atoms with E-state index in [9.17, 15) is 15.0 Å². The first-order valence-corrected chi connectivity index (χ1v) is 9.24. The van der Waals surface area contributed by atoms with Gasteiger partial charge in [-0.15, -0.1) is 0 Å². The zero-order chi connectivity index (χ0) is 17.1. The normalized spacial score (nSPS) is 31.5. The third-order valence-corrected chi connectivity index (χ3v) is 6.08. The van der Waals surface area contributed by atoms with E-state index in [0.29, 0.717) is 18.3 Å². The maximum atomic E-state index is 10.5. The number of hydroxylamine groups is 1. The lowest BCUT2D eigenvalue weighted by atomic mass is 9.76. The Morgan fingerprint density at radius 2 is 2.00 bits per heavy atom. The van der Waals surface area contributed by atoms with E-state index in [1.54, 1.807) is 0 Å². The van der Waals surface area contributed by atoms with Crippen LogP contribution in [0.4, 0.5) is 0 Å². The molecule has 0 aromatic heterocycles. The van der Waals surface area contributed by atoms with Crippen LogP contribution in [0.15, 0.2) is 11.3 Å². The van der Waals surface area contributed by atoms with Crippen LogP contribution in [-0.2, 0) is 9.63 Å². The fourth-order valence-corrected chi connectivity index (χ4v) is 4.70. The topological polar surface area (TPSA) is 99.0 Å². The van der Waals surface area contributed by atoms with Gasteiger partial charge in [0.05, 0.1) is 12.2 Å². The molecule has 3 aliphatic rings. The highest BCUT2D eigenvalue weighted by Crippen LogP contribution is 2.51. The lowest BCUT2D eigenvalue weighted by Gasteiger charge is -2.33. The van der Waals surface area contributed by atoms with Crippen LogP contribution in [0, 0.1) is 17.8 Å². The molecular weight excluding hydrogens is 310 g/mol. The van der Waals surface area contributed by atoms with Crippen LogP contribution in [0.25, 0.3) is 0 Å². The van der Waals surface area contributed by atoms with Gasteiger partial charge >= 0.3 is 5.97 Å². The lowest BCUT2D eigenvalue weighted by molar-refractivity contribution is -0.144. The fourth-order valence-electron chi connectivity index (χ4n) is 4.70. The number of rotatable bonds is 8. The first-order valence-electron chi connectivity index (χ1n) is 9.24. The average Bonchev–Trinajstić information content (AvgIpc) is 2.81.